The molecule has 0 fully saturated rings. The Morgan fingerprint density at radius 2 is 1.92 bits per heavy atom. The second-order valence-corrected chi connectivity index (χ2v) is 6.52. The Labute approximate surface area is 155 Å². The second-order valence-electron chi connectivity index (χ2n) is 4.98. The Bertz CT molecular complexity index is 724. The first kappa shape index (κ1) is 19.1. The summed E-state index contributed by atoms with van der Waals surface area (Å²) in [5.41, 5.74) is 0.495. The molecule has 2 aromatic rings. The number of carbonyl (C=O) groups is 2. The number of thioether (sulfide) groups is 1. The molecule has 0 radical (unpaired) electrons. The van der Waals surface area contributed by atoms with Gasteiger partial charge in [0, 0.05) is 10.8 Å². The van der Waals surface area contributed by atoms with Crippen LogP contribution in [0.5, 0.6) is 11.5 Å². The molecule has 5 nitrogen and oxygen atoms in total. The third kappa shape index (κ3) is 6.68. The maximum absolute atomic E-state index is 12.1. The average molecular weight is 380 g/mol. The number of methoxy groups -OCH3 is 1. The number of benzene rings is 2. The SMILES string of the molecule is COC(=O)CCSCC(=O)Nc1cc(Cl)ccc1Oc1ccccc1. The number of rotatable bonds is 8. The van der Waals surface area contributed by atoms with Crippen LogP contribution in [0.1, 0.15) is 6.42 Å². The molecule has 7 heteroatoms. The number of halogens is 1. The van der Waals surface area contributed by atoms with Gasteiger partial charge in [-0.2, -0.15) is 11.8 Å². The summed E-state index contributed by atoms with van der Waals surface area (Å²) in [6, 6.07) is 14.3. The van der Waals surface area contributed by atoms with Crippen LogP contribution in [0.2, 0.25) is 5.02 Å². The van der Waals surface area contributed by atoms with E-state index in [1.165, 1.54) is 18.9 Å². The number of hydrogen-bond acceptors (Lipinski definition) is 5. The smallest absolute Gasteiger partial charge is 0.306 e. The molecule has 0 bridgehead atoms. The first-order chi connectivity index (χ1) is 12.1. The highest BCUT2D eigenvalue weighted by Crippen LogP contribution is 2.32. The molecular formula is C18H18ClNO4S. The minimum Gasteiger partial charge on any atom is -0.469 e. The number of nitrogens with one attached hydrogen (secondary N) is 1. The highest BCUT2D eigenvalue weighted by Gasteiger charge is 2.10. The largest absolute Gasteiger partial charge is 0.469 e. The molecule has 0 saturated carbocycles. The summed E-state index contributed by atoms with van der Waals surface area (Å²) in [5.74, 6) is 1.41. The molecule has 25 heavy (non-hydrogen) atoms. The van der Waals surface area contributed by atoms with Gasteiger partial charge in [0.15, 0.2) is 5.75 Å². The summed E-state index contributed by atoms with van der Waals surface area (Å²) < 4.78 is 10.4. The molecule has 1 amide bonds. The van der Waals surface area contributed by atoms with Crippen molar-refractivity contribution in [1.82, 2.24) is 0 Å². The number of ether oxygens (including phenoxy) is 2. The fourth-order valence-electron chi connectivity index (χ4n) is 1.91. The van der Waals surface area contributed by atoms with Crippen molar-refractivity contribution in [3.63, 3.8) is 0 Å². The van der Waals surface area contributed by atoms with Gasteiger partial charge in [0.25, 0.3) is 0 Å². The summed E-state index contributed by atoms with van der Waals surface area (Å²) in [5, 5.41) is 3.28. The minimum absolute atomic E-state index is 0.199. The van der Waals surface area contributed by atoms with Gasteiger partial charge in [0.1, 0.15) is 5.75 Å². The molecule has 0 spiro atoms. The van der Waals surface area contributed by atoms with Crippen LogP contribution < -0.4 is 10.1 Å². The lowest BCUT2D eigenvalue weighted by Crippen LogP contribution is -2.15. The summed E-state index contributed by atoms with van der Waals surface area (Å²) >= 11 is 7.37. The van der Waals surface area contributed by atoms with Crippen LogP contribution in [-0.4, -0.2) is 30.5 Å². The predicted octanol–water partition coefficient (Wildman–Crippen LogP) is 4.37. The highest BCUT2D eigenvalue weighted by atomic mass is 35.5. The Kier molecular flexibility index (Phi) is 7.63. The Morgan fingerprint density at radius 3 is 2.64 bits per heavy atom. The zero-order valence-corrected chi connectivity index (χ0v) is 15.2. The van der Waals surface area contributed by atoms with Gasteiger partial charge in [0.2, 0.25) is 5.91 Å². The van der Waals surface area contributed by atoms with E-state index in [4.69, 9.17) is 16.3 Å². The lowest BCUT2D eigenvalue weighted by molar-refractivity contribution is -0.140. The summed E-state index contributed by atoms with van der Waals surface area (Å²) in [4.78, 5) is 23.1. The number of esters is 1. The van der Waals surface area contributed by atoms with Crippen LogP contribution in [0.3, 0.4) is 0 Å². The van der Waals surface area contributed by atoms with Crippen molar-refractivity contribution in [3.05, 3.63) is 53.6 Å². The molecule has 2 rings (SSSR count). The van der Waals surface area contributed by atoms with Crippen molar-refractivity contribution in [1.29, 1.82) is 0 Å². The molecule has 0 heterocycles. The van der Waals surface area contributed by atoms with Gasteiger partial charge in [0.05, 0.1) is 25.0 Å². The fraction of sp³-hybridized carbons (Fsp3) is 0.222. The van der Waals surface area contributed by atoms with Crippen LogP contribution in [0.4, 0.5) is 5.69 Å². The molecular weight excluding hydrogens is 362 g/mol. The van der Waals surface area contributed by atoms with E-state index in [9.17, 15) is 9.59 Å². The molecule has 0 unspecified atom stereocenters. The van der Waals surface area contributed by atoms with Gasteiger partial charge >= 0.3 is 5.97 Å². The zero-order valence-electron chi connectivity index (χ0n) is 13.7. The van der Waals surface area contributed by atoms with E-state index in [2.05, 4.69) is 10.1 Å². The van der Waals surface area contributed by atoms with E-state index in [0.717, 1.165) is 0 Å². The maximum atomic E-state index is 12.1. The molecule has 0 atom stereocenters. The standard InChI is InChI=1S/C18H18ClNO4S/c1-23-18(22)9-10-25-12-17(21)20-15-11-13(19)7-8-16(15)24-14-5-3-2-4-6-14/h2-8,11H,9-10,12H2,1H3,(H,20,21). The Hall–Kier alpha value is -2.18. The highest BCUT2D eigenvalue weighted by molar-refractivity contribution is 7.99. The number of para-hydroxylation sites is 1. The fourth-order valence-corrected chi connectivity index (χ4v) is 2.80. The van der Waals surface area contributed by atoms with Crippen LogP contribution >= 0.6 is 23.4 Å². The summed E-state index contributed by atoms with van der Waals surface area (Å²) in [6.45, 7) is 0. The Balaban J connectivity index is 1.95. The molecule has 1 N–H and O–H groups in total. The first-order valence-electron chi connectivity index (χ1n) is 7.55. The molecule has 0 aliphatic rings. The van der Waals surface area contributed by atoms with Crippen molar-refractivity contribution in [3.8, 4) is 11.5 Å². The van der Waals surface area contributed by atoms with E-state index in [-0.39, 0.29) is 24.1 Å². The number of amides is 1. The quantitative estimate of drug-likeness (QED) is 0.545. The van der Waals surface area contributed by atoms with Crippen molar-refractivity contribution in [2.24, 2.45) is 0 Å². The lowest BCUT2D eigenvalue weighted by Gasteiger charge is -2.12. The van der Waals surface area contributed by atoms with Gasteiger partial charge in [-0.15, -0.1) is 0 Å². The van der Waals surface area contributed by atoms with Crippen molar-refractivity contribution in [2.45, 2.75) is 6.42 Å². The number of hydrogen-bond donors (Lipinski definition) is 1. The molecule has 0 saturated heterocycles. The van der Waals surface area contributed by atoms with Gasteiger partial charge in [-0.25, -0.2) is 0 Å². The third-order valence-electron chi connectivity index (χ3n) is 3.10. The van der Waals surface area contributed by atoms with Crippen LogP contribution in [-0.2, 0) is 14.3 Å². The molecule has 0 aliphatic carbocycles. The van der Waals surface area contributed by atoms with Gasteiger partial charge in [-0.3, -0.25) is 9.59 Å². The maximum Gasteiger partial charge on any atom is 0.306 e. The summed E-state index contributed by atoms with van der Waals surface area (Å²) in [6.07, 6.45) is 0.272. The monoisotopic (exact) mass is 379 g/mol. The Morgan fingerprint density at radius 1 is 1.16 bits per heavy atom. The van der Waals surface area contributed by atoms with Crippen LogP contribution in [0.25, 0.3) is 0 Å². The zero-order chi connectivity index (χ0) is 18.1. The molecule has 0 aromatic heterocycles. The summed E-state index contributed by atoms with van der Waals surface area (Å²) in [7, 11) is 1.34. The molecule has 2 aromatic carbocycles. The third-order valence-corrected chi connectivity index (χ3v) is 4.29. The first-order valence-corrected chi connectivity index (χ1v) is 9.08. The van der Waals surface area contributed by atoms with Gasteiger partial charge in [-0.05, 0) is 30.3 Å². The van der Waals surface area contributed by atoms with E-state index >= 15 is 0 Å². The van der Waals surface area contributed by atoms with E-state index in [1.807, 2.05) is 30.3 Å². The van der Waals surface area contributed by atoms with Crippen molar-refractivity contribution >= 4 is 40.9 Å². The number of anilines is 1. The topological polar surface area (TPSA) is 64.6 Å². The van der Waals surface area contributed by atoms with Crippen molar-refractivity contribution < 1.29 is 19.1 Å². The van der Waals surface area contributed by atoms with Gasteiger partial charge < -0.3 is 14.8 Å². The van der Waals surface area contributed by atoms with Crippen LogP contribution in [0, 0.1) is 0 Å². The van der Waals surface area contributed by atoms with E-state index < -0.39 is 0 Å². The van der Waals surface area contributed by atoms with E-state index in [1.54, 1.807) is 18.2 Å². The predicted molar refractivity (Wildman–Crippen MR) is 101 cm³/mol. The minimum atomic E-state index is -0.290. The normalized spacial score (nSPS) is 10.2. The average Bonchev–Trinajstić information content (AvgIpc) is 2.61. The van der Waals surface area contributed by atoms with Crippen LogP contribution in [0.15, 0.2) is 48.5 Å². The van der Waals surface area contributed by atoms with E-state index in [0.29, 0.717) is 28.0 Å². The van der Waals surface area contributed by atoms with Gasteiger partial charge in [-0.1, -0.05) is 29.8 Å². The molecule has 132 valence electrons. The molecule has 0 aliphatic heterocycles. The second kappa shape index (κ2) is 9.96. The van der Waals surface area contributed by atoms with Crippen molar-refractivity contribution in [2.75, 3.05) is 23.9 Å². The number of carbonyl (C=O) groups excluding carboxylic acids is 2. The lowest BCUT2D eigenvalue weighted by atomic mass is 10.3.